The predicted octanol–water partition coefficient (Wildman–Crippen LogP) is 4.49. The Morgan fingerprint density at radius 3 is 2.93 bits per heavy atom. The molecule has 3 rings (SSSR count). The highest BCUT2D eigenvalue weighted by Crippen LogP contribution is 2.27. The molecule has 1 N–H and O–H groups in total. The molecule has 1 aromatic heterocycles. The van der Waals surface area contributed by atoms with Crippen LogP contribution in [0.3, 0.4) is 0 Å². The second-order valence-electron chi connectivity index (χ2n) is 7.10. The third-order valence-electron chi connectivity index (χ3n) is 5.26. The fourth-order valence-electron chi connectivity index (χ4n) is 3.63. The summed E-state index contributed by atoms with van der Waals surface area (Å²) >= 11 is 3.29. The maximum atomic E-state index is 13.9. The van der Waals surface area contributed by atoms with Gasteiger partial charge in [0, 0.05) is 43.5 Å². The Kier molecular flexibility index (Phi) is 9.20. The van der Waals surface area contributed by atoms with Gasteiger partial charge in [0.2, 0.25) is 0 Å². The summed E-state index contributed by atoms with van der Waals surface area (Å²) in [4.78, 5) is 11.0. The molecule has 0 radical (unpaired) electrons. The number of benzene rings is 1. The zero-order valence-corrected chi connectivity index (χ0v) is 20.2. The van der Waals surface area contributed by atoms with Crippen LogP contribution >= 0.6 is 39.9 Å². The zero-order valence-electron chi connectivity index (χ0n) is 16.3. The highest BCUT2D eigenvalue weighted by molar-refractivity contribution is 14.0. The molecule has 2 aromatic rings. The molecule has 1 fully saturated rings. The quantitative estimate of drug-likeness (QED) is 0.252. The van der Waals surface area contributed by atoms with Crippen LogP contribution in [-0.2, 0) is 6.42 Å². The van der Waals surface area contributed by atoms with Gasteiger partial charge < -0.3 is 14.8 Å². The average Bonchev–Trinajstić information content (AvgIpc) is 3.18. The van der Waals surface area contributed by atoms with Gasteiger partial charge in [0.15, 0.2) is 5.96 Å². The van der Waals surface area contributed by atoms with Crippen LogP contribution < -0.4 is 5.32 Å². The molecule has 0 aliphatic carbocycles. The molecule has 1 aromatic carbocycles. The zero-order chi connectivity index (χ0) is 19.2. The number of imidazole rings is 1. The van der Waals surface area contributed by atoms with Crippen molar-refractivity contribution in [2.45, 2.75) is 32.2 Å². The minimum Gasteiger partial charge on any atom is -0.356 e. The maximum Gasteiger partial charge on any atom is 0.193 e. The number of hydrogen-bond donors (Lipinski definition) is 1. The van der Waals surface area contributed by atoms with Crippen LogP contribution in [0, 0.1) is 11.7 Å². The van der Waals surface area contributed by atoms with Gasteiger partial charge in [0.1, 0.15) is 5.82 Å². The molecular formula is C20H28BrFIN5. The smallest absolute Gasteiger partial charge is 0.193 e. The van der Waals surface area contributed by atoms with Crippen LogP contribution in [-0.4, -0.2) is 47.1 Å². The summed E-state index contributed by atoms with van der Waals surface area (Å²) in [5, 5.41) is 3.44. The SMILES string of the molecule is CN=C(NCCCc1ccc(Br)cc1F)N1CCC(C)C(n2ccnc2)C1.I. The first-order valence-electron chi connectivity index (χ1n) is 9.45. The number of nitrogens with one attached hydrogen (secondary N) is 1. The number of hydrogen-bond acceptors (Lipinski definition) is 2. The molecule has 1 saturated heterocycles. The Balaban J connectivity index is 0.00000280. The van der Waals surface area contributed by atoms with Gasteiger partial charge >= 0.3 is 0 Å². The minimum atomic E-state index is -0.151. The summed E-state index contributed by atoms with van der Waals surface area (Å²) in [6, 6.07) is 5.65. The van der Waals surface area contributed by atoms with Crippen molar-refractivity contribution in [1.29, 1.82) is 0 Å². The van der Waals surface area contributed by atoms with Crippen molar-refractivity contribution in [2.24, 2.45) is 10.9 Å². The lowest BCUT2D eigenvalue weighted by atomic mass is 9.93. The lowest BCUT2D eigenvalue weighted by molar-refractivity contribution is 0.189. The molecular weight excluding hydrogens is 536 g/mol. The third kappa shape index (κ3) is 5.92. The Hall–Kier alpha value is -1.16. The van der Waals surface area contributed by atoms with Gasteiger partial charge in [-0.15, -0.1) is 24.0 Å². The molecule has 2 heterocycles. The summed E-state index contributed by atoms with van der Waals surface area (Å²) in [6.45, 7) is 4.97. The topological polar surface area (TPSA) is 45.5 Å². The summed E-state index contributed by atoms with van der Waals surface area (Å²) in [6.07, 6.45) is 8.44. The largest absolute Gasteiger partial charge is 0.356 e. The number of likely N-dealkylation sites (tertiary alicyclic amines) is 1. The van der Waals surface area contributed by atoms with Gasteiger partial charge in [0.25, 0.3) is 0 Å². The van der Waals surface area contributed by atoms with Crippen LogP contribution in [0.25, 0.3) is 0 Å². The van der Waals surface area contributed by atoms with Crippen LogP contribution in [0.4, 0.5) is 4.39 Å². The second kappa shape index (κ2) is 11.1. The van der Waals surface area contributed by atoms with E-state index in [1.807, 2.05) is 37.9 Å². The highest BCUT2D eigenvalue weighted by atomic mass is 127. The fourth-order valence-corrected chi connectivity index (χ4v) is 3.96. The highest BCUT2D eigenvalue weighted by Gasteiger charge is 2.28. The number of rotatable bonds is 5. The van der Waals surface area contributed by atoms with E-state index in [9.17, 15) is 4.39 Å². The number of piperidine rings is 1. The van der Waals surface area contributed by atoms with E-state index in [2.05, 4.69) is 47.6 Å². The van der Waals surface area contributed by atoms with Crippen molar-refractivity contribution in [3.8, 4) is 0 Å². The number of nitrogens with zero attached hydrogens (tertiary/aromatic N) is 4. The molecule has 2 unspecified atom stereocenters. The first-order valence-corrected chi connectivity index (χ1v) is 10.2. The van der Waals surface area contributed by atoms with Crippen molar-refractivity contribution in [3.05, 3.63) is 52.8 Å². The van der Waals surface area contributed by atoms with E-state index in [4.69, 9.17) is 0 Å². The number of aliphatic imine (C=N–C) groups is 1. The molecule has 154 valence electrons. The van der Waals surface area contributed by atoms with Gasteiger partial charge in [-0.2, -0.15) is 0 Å². The van der Waals surface area contributed by atoms with Crippen LogP contribution in [0.5, 0.6) is 0 Å². The molecule has 0 bridgehead atoms. The molecule has 8 heteroatoms. The van der Waals surface area contributed by atoms with Crippen LogP contribution in [0.1, 0.15) is 31.4 Å². The Morgan fingerprint density at radius 1 is 1.43 bits per heavy atom. The van der Waals surface area contributed by atoms with Crippen LogP contribution in [0.2, 0.25) is 0 Å². The van der Waals surface area contributed by atoms with Gasteiger partial charge in [-0.05, 0) is 42.9 Å². The Morgan fingerprint density at radius 2 is 2.25 bits per heavy atom. The summed E-state index contributed by atoms with van der Waals surface area (Å²) < 4.78 is 16.9. The third-order valence-corrected chi connectivity index (χ3v) is 5.75. The van der Waals surface area contributed by atoms with Crippen molar-refractivity contribution in [1.82, 2.24) is 19.8 Å². The van der Waals surface area contributed by atoms with Crippen molar-refractivity contribution >= 4 is 45.9 Å². The summed E-state index contributed by atoms with van der Waals surface area (Å²) in [5.41, 5.74) is 0.752. The number of guanidine groups is 1. The molecule has 2 atom stereocenters. The van der Waals surface area contributed by atoms with E-state index in [-0.39, 0.29) is 29.8 Å². The standard InChI is InChI=1S/C20H27BrFN5.HI/c1-15-7-10-26(13-19(15)27-11-9-24-14-27)20(23-2)25-8-3-4-16-5-6-17(21)12-18(16)22;/h5-6,9,11-12,14-15,19H,3-4,7-8,10,13H2,1-2H3,(H,23,25);1H. The van der Waals surface area contributed by atoms with E-state index in [0.717, 1.165) is 48.5 Å². The fraction of sp³-hybridized carbons (Fsp3) is 0.500. The lowest BCUT2D eigenvalue weighted by Gasteiger charge is -2.39. The molecule has 28 heavy (non-hydrogen) atoms. The molecule has 1 aliphatic heterocycles. The summed E-state index contributed by atoms with van der Waals surface area (Å²) in [7, 11) is 1.82. The van der Waals surface area contributed by atoms with Gasteiger partial charge in [-0.1, -0.05) is 28.9 Å². The van der Waals surface area contributed by atoms with E-state index in [1.165, 1.54) is 6.07 Å². The van der Waals surface area contributed by atoms with Gasteiger partial charge in [0.05, 0.1) is 12.4 Å². The van der Waals surface area contributed by atoms with Crippen molar-refractivity contribution in [3.63, 3.8) is 0 Å². The normalized spacial score (nSPS) is 20.0. The number of aromatic nitrogens is 2. The average molecular weight is 564 g/mol. The lowest BCUT2D eigenvalue weighted by Crippen LogP contribution is -2.49. The Labute approximate surface area is 192 Å². The molecule has 0 spiro atoms. The van der Waals surface area contributed by atoms with E-state index < -0.39 is 0 Å². The van der Waals surface area contributed by atoms with Crippen molar-refractivity contribution in [2.75, 3.05) is 26.7 Å². The first kappa shape index (κ1) is 23.1. The van der Waals surface area contributed by atoms with Crippen LogP contribution in [0.15, 0.2) is 46.4 Å². The second-order valence-corrected chi connectivity index (χ2v) is 8.02. The first-order chi connectivity index (χ1) is 13.1. The maximum absolute atomic E-state index is 13.9. The molecule has 1 aliphatic rings. The molecule has 0 saturated carbocycles. The van der Waals surface area contributed by atoms with E-state index in [1.54, 1.807) is 0 Å². The monoisotopic (exact) mass is 563 g/mol. The molecule has 5 nitrogen and oxygen atoms in total. The number of halogens is 3. The summed E-state index contributed by atoms with van der Waals surface area (Å²) in [5.74, 6) is 1.37. The van der Waals surface area contributed by atoms with Gasteiger partial charge in [-0.25, -0.2) is 9.37 Å². The number of aryl methyl sites for hydroxylation is 1. The van der Waals surface area contributed by atoms with Gasteiger partial charge in [-0.3, -0.25) is 4.99 Å². The predicted molar refractivity (Wildman–Crippen MR) is 126 cm³/mol. The Bertz CT molecular complexity index is 768. The molecule has 0 amide bonds. The van der Waals surface area contributed by atoms with Crippen molar-refractivity contribution < 1.29 is 4.39 Å². The van der Waals surface area contributed by atoms with E-state index in [0.29, 0.717) is 18.4 Å². The minimum absolute atomic E-state index is 0. The van der Waals surface area contributed by atoms with E-state index >= 15 is 0 Å².